The van der Waals surface area contributed by atoms with Gasteiger partial charge in [0.15, 0.2) is 6.29 Å². The second kappa shape index (κ2) is 9.90. The lowest BCUT2D eigenvalue weighted by Gasteiger charge is -2.13. The Morgan fingerprint density at radius 1 is 1.09 bits per heavy atom. The number of rotatable bonds is 8. The Morgan fingerprint density at radius 2 is 1.85 bits per heavy atom. The van der Waals surface area contributed by atoms with Gasteiger partial charge in [-0.25, -0.2) is 4.79 Å². The number of carbonyl (C=O) groups is 3. The zero-order valence-corrected chi connectivity index (χ0v) is 18.9. The Morgan fingerprint density at radius 3 is 2.55 bits per heavy atom. The number of nitrogens with zero attached hydrogens (tertiary/aromatic N) is 1. The van der Waals surface area contributed by atoms with E-state index in [1.807, 2.05) is 16.7 Å². The first-order valence-electron chi connectivity index (χ1n) is 11.2. The SMILES string of the molecule is COC(=O)c1ccc(Cn2cc(C=O)c3ccc(C(=O)NCC4CCCC4)cc32)c(OC)c1. The molecule has 33 heavy (non-hydrogen) atoms. The van der Waals surface area contributed by atoms with Crippen molar-refractivity contribution >= 4 is 29.1 Å². The molecule has 0 spiro atoms. The van der Waals surface area contributed by atoms with Gasteiger partial charge in [-0.3, -0.25) is 9.59 Å². The van der Waals surface area contributed by atoms with Crippen molar-refractivity contribution in [3.8, 4) is 5.75 Å². The molecule has 1 N–H and O–H groups in total. The quantitative estimate of drug-likeness (QED) is 0.412. The summed E-state index contributed by atoms with van der Waals surface area (Å²) in [6.07, 6.45) is 7.39. The molecule has 1 aromatic heterocycles. The van der Waals surface area contributed by atoms with Crippen LogP contribution in [0.3, 0.4) is 0 Å². The maximum atomic E-state index is 12.8. The first-order valence-corrected chi connectivity index (χ1v) is 11.2. The molecule has 0 atom stereocenters. The standard InChI is InChI=1S/C26H28N2O5/c1-32-24-12-19(26(31)33-2)7-8-20(24)14-28-15-21(16-29)22-10-9-18(11-23(22)28)25(30)27-13-17-5-3-4-6-17/h7-12,15-17H,3-6,13-14H2,1-2H3,(H,27,30). The average Bonchev–Trinajstić information content (AvgIpc) is 3.49. The zero-order chi connectivity index (χ0) is 23.4. The van der Waals surface area contributed by atoms with Crippen molar-refractivity contribution in [2.45, 2.75) is 32.2 Å². The average molecular weight is 449 g/mol. The van der Waals surface area contributed by atoms with E-state index in [4.69, 9.17) is 9.47 Å². The highest BCUT2D eigenvalue weighted by Gasteiger charge is 2.18. The van der Waals surface area contributed by atoms with Crippen LogP contribution < -0.4 is 10.1 Å². The smallest absolute Gasteiger partial charge is 0.337 e. The predicted octanol–water partition coefficient (Wildman–Crippen LogP) is 4.22. The van der Waals surface area contributed by atoms with Crippen LogP contribution >= 0.6 is 0 Å². The largest absolute Gasteiger partial charge is 0.496 e. The number of hydrogen-bond donors (Lipinski definition) is 1. The van der Waals surface area contributed by atoms with Crippen LogP contribution in [0.2, 0.25) is 0 Å². The molecular weight excluding hydrogens is 420 g/mol. The third-order valence-corrected chi connectivity index (χ3v) is 6.38. The second-order valence-corrected chi connectivity index (χ2v) is 8.44. The summed E-state index contributed by atoms with van der Waals surface area (Å²) in [7, 11) is 2.87. The van der Waals surface area contributed by atoms with Crippen LogP contribution in [-0.2, 0) is 11.3 Å². The van der Waals surface area contributed by atoms with Gasteiger partial charge in [0.05, 0.1) is 26.3 Å². The summed E-state index contributed by atoms with van der Waals surface area (Å²) in [5.74, 6) is 0.550. The van der Waals surface area contributed by atoms with E-state index in [0.29, 0.717) is 41.4 Å². The van der Waals surface area contributed by atoms with E-state index in [0.717, 1.165) is 22.8 Å². The van der Waals surface area contributed by atoms with Crippen LogP contribution in [0.15, 0.2) is 42.6 Å². The number of carbonyl (C=O) groups excluding carboxylic acids is 3. The minimum atomic E-state index is -0.442. The van der Waals surface area contributed by atoms with Gasteiger partial charge >= 0.3 is 5.97 Å². The van der Waals surface area contributed by atoms with Crippen molar-refractivity contribution < 1.29 is 23.9 Å². The van der Waals surface area contributed by atoms with Crippen LogP contribution in [-0.4, -0.2) is 43.5 Å². The molecule has 3 aromatic rings. The fourth-order valence-corrected chi connectivity index (χ4v) is 4.54. The molecule has 7 heteroatoms. The number of aromatic nitrogens is 1. The Kier molecular flexibility index (Phi) is 6.77. The number of methoxy groups -OCH3 is 2. The van der Waals surface area contributed by atoms with Crippen LogP contribution in [0.1, 0.15) is 62.3 Å². The van der Waals surface area contributed by atoms with Crippen LogP contribution in [0.4, 0.5) is 0 Å². The fraction of sp³-hybridized carbons (Fsp3) is 0.346. The third kappa shape index (κ3) is 4.77. The summed E-state index contributed by atoms with van der Waals surface area (Å²) in [4.78, 5) is 36.3. The molecule has 2 aromatic carbocycles. The lowest BCUT2D eigenvalue weighted by molar-refractivity contribution is 0.0600. The first-order chi connectivity index (χ1) is 16.0. The van der Waals surface area contributed by atoms with Gasteiger partial charge in [0, 0.05) is 40.3 Å². The molecule has 1 aliphatic carbocycles. The fourth-order valence-electron chi connectivity index (χ4n) is 4.54. The molecule has 1 saturated carbocycles. The number of benzene rings is 2. The molecule has 0 radical (unpaired) electrons. The topological polar surface area (TPSA) is 86.6 Å². The molecule has 0 unspecified atom stereocenters. The van der Waals surface area contributed by atoms with E-state index < -0.39 is 5.97 Å². The maximum Gasteiger partial charge on any atom is 0.337 e. The molecule has 1 heterocycles. The van der Waals surface area contributed by atoms with Crippen molar-refractivity contribution in [2.24, 2.45) is 5.92 Å². The summed E-state index contributed by atoms with van der Waals surface area (Å²) in [6, 6.07) is 10.5. The number of esters is 1. The number of nitrogens with one attached hydrogen (secondary N) is 1. The highest BCUT2D eigenvalue weighted by molar-refractivity contribution is 6.02. The molecule has 0 saturated heterocycles. The molecular formula is C26H28N2O5. The minimum Gasteiger partial charge on any atom is -0.496 e. The second-order valence-electron chi connectivity index (χ2n) is 8.44. The Labute approximate surface area is 192 Å². The Hall–Kier alpha value is -3.61. The van der Waals surface area contributed by atoms with Gasteiger partial charge in [-0.15, -0.1) is 0 Å². The van der Waals surface area contributed by atoms with Crippen molar-refractivity contribution in [3.63, 3.8) is 0 Å². The first kappa shape index (κ1) is 22.6. The predicted molar refractivity (Wildman–Crippen MR) is 125 cm³/mol. The van der Waals surface area contributed by atoms with Crippen molar-refractivity contribution in [3.05, 3.63) is 64.8 Å². The van der Waals surface area contributed by atoms with E-state index in [1.165, 1.54) is 39.9 Å². The number of hydrogen-bond acceptors (Lipinski definition) is 5. The van der Waals surface area contributed by atoms with Crippen molar-refractivity contribution in [1.82, 2.24) is 9.88 Å². The molecule has 172 valence electrons. The van der Waals surface area contributed by atoms with Gasteiger partial charge in [-0.1, -0.05) is 25.0 Å². The summed E-state index contributed by atoms with van der Waals surface area (Å²) < 4.78 is 12.2. The molecule has 0 bridgehead atoms. The normalized spacial score (nSPS) is 13.8. The molecule has 1 fully saturated rings. The number of aldehydes is 1. The van der Waals surface area contributed by atoms with Crippen LogP contribution in [0, 0.1) is 5.92 Å². The van der Waals surface area contributed by atoms with Crippen molar-refractivity contribution in [2.75, 3.05) is 20.8 Å². The molecule has 0 aliphatic heterocycles. The Balaban J connectivity index is 1.63. The number of fused-ring (bicyclic) bond motifs is 1. The zero-order valence-electron chi connectivity index (χ0n) is 18.9. The highest BCUT2D eigenvalue weighted by atomic mass is 16.5. The van der Waals surface area contributed by atoms with Crippen LogP contribution in [0.25, 0.3) is 10.9 Å². The van der Waals surface area contributed by atoms with Crippen molar-refractivity contribution in [1.29, 1.82) is 0 Å². The summed E-state index contributed by atoms with van der Waals surface area (Å²) in [5, 5.41) is 3.83. The molecule has 1 amide bonds. The number of amides is 1. The van der Waals surface area contributed by atoms with Gasteiger partial charge in [0.25, 0.3) is 5.91 Å². The highest BCUT2D eigenvalue weighted by Crippen LogP contribution is 2.27. The molecule has 1 aliphatic rings. The van der Waals surface area contributed by atoms with Gasteiger partial charge in [-0.2, -0.15) is 0 Å². The van der Waals surface area contributed by atoms with Crippen LogP contribution in [0.5, 0.6) is 5.75 Å². The lowest BCUT2D eigenvalue weighted by Crippen LogP contribution is -2.28. The third-order valence-electron chi connectivity index (χ3n) is 6.38. The molecule has 4 rings (SSSR count). The minimum absolute atomic E-state index is 0.107. The van der Waals surface area contributed by atoms with Gasteiger partial charge in [0.2, 0.25) is 0 Å². The molecule has 7 nitrogen and oxygen atoms in total. The van der Waals surface area contributed by atoms with Gasteiger partial charge in [0.1, 0.15) is 5.75 Å². The van der Waals surface area contributed by atoms with E-state index >= 15 is 0 Å². The van der Waals surface area contributed by atoms with Gasteiger partial charge in [-0.05, 0) is 43.0 Å². The summed E-state index contributed by atoms with van der Waals surface area (Å²) in [5.41, 5.74) is 3.11. The van der Waals surface area contributed by atoms with Gasteiger partial charge < -0.3 is 19.4 Å². The summed E-state index contributed by atoms with van der Waals surface area (Å²) >= 11 is 0. The van der Waals surface area contributed by atoms with E-state index in [-0.39, 0.29) is 5.91 Å². The summed E-state index contributed by atoms with van der Waals surface area (Å²) in [6.45, 7) is 1.10. The number of ether oxygens (including phenoxy) is 2. The Bertz CT molecular complexity index is 1190. The maximum absolute atomic E-state index is 12.8. The lowest BCUT2D eigenvalue weighted by atomic mass is 10.1. The van der Waals surface area contributed by atoms with E-state index in [9.17, 15) is 14.4 Å². The monoisotopic (exact) mass is 448 g/mol. The van der Waals surface area contributed by atoms with E-state index in [2.05, 4.69) is 5.32 Å². The van der Waals surface area contributed by atoms with E-state index in [1.54, 1.807) is 30.5 Å².